The molecule has 3 aromatic rings. The van der Waals surface area contributed by atoms with Gasteiger partial charge in [-0.3, -0.25) is 14.9 Å². The standard InChI is InChI=1S/C31H35N4O4.Y/c1-3-32-29(36)24-12-9-13-25(22-24)30(37)34(2)20-21-35-18-16-26(17-19-35)39-31(38)33-28-15-8-7-14-27(28)23-10-5-4-6-11-23;/h4-15,22,26H,1,3,16-21H2,2H3,(H,32,36)(H,33,38);/q-1;. The quantitative estimate of drug-likeness (QED) is 0.341. The minimum atomic E-state index is -0.451. The van der Waals surface area contributed by atoms with Crippen LogP contribution in [0.5, 0.6) is 0 Å². The number of amides is 3. The third-order valence-electron chi connectivity index (χ3n) is 6.81. The van der Waals surface area contributed by atoms with Crippen LogP contribution in [0.2, 0.25) is 0 Å². The third kappa shape index (κ3) is 8.72. The fourth-order valence-electron chi connectivity index (χ4n) is 4.63. The van der Waals surface area contributed by atoms with E-state index in [2.05, 4.69) is 22.5 Å². The molecule has 1 fully saturated rings. The Balaban J connectivity index is 0.00000441. The SMILES string of the molecule is [CH2-]CNC(=O)c1cccc(C(=O)N(C)CCN2CCC(OC(=O)Nc3ccccc3-c3ccccc3)CC2)c1.[Y]. The molecule has 0 bridgehead atoms. The van der Waals surface area contributed by atoms with Gasteiger partial charge in [0.2, 0.25) is 5.91 Å². The predicted molar refractivity (Wildman–Crippen MR) is 153 cm³/mol. The van der Waals surface area contributed by atoms with Crippen LogP contribution in [-0.4, -0.2) is 73.6 Å². The second-order valence-electron chi connectivity index (χ2n) is 9.55. The molecule has 40 heavy (non-hydrogen) atoms. The molecule has 0 spiro atoms. The van der Waals surface area contributed by atoms with Crippen molar-refractivity contribution in [1.29, 1.82) is 0 Å². The topological polar surface area (TPSA) is 91.0 Å². The molecule has 0 saturated carbocycles. The van der Waals surface area contributed by atoms with Crippen molar-refractivity contribution >= 4 is 23.6 Å². The van der Waals surface area contributed by atoms with Crippen LogP contribution >= 0.6 is 0 Å². The van der Waals surface area contributed by atoms with Crippen molar-refractivity contribution in [3.63, 3.8) is 0 Å². The molecule has 3 amide bonds. The van der Waals surface area contributed by atoms with E-state index >= 15 is 0 Å². The predicted octanol–water partition coefficient (Wildman–Crippen LogP) is 4.70. The van der Waals surface area contributed by atoms with Gasteiger partial charge in [-0.05, 0) is 42.7 Å². The summed E-state index contributed by atoms with van der Waals surface area (Å²) in [6.07, 6.45) is 0.856. The van der Waals surface area contributed by atoms with Crippen LogP contribution in [0.3, 0.4) is 0 Å². The zero-order valence-corrected chi connectivity index (χ0v) is 25.7. The first-order valence-corrected chi connectivity index (χ1v) is 13.2. The van der Waals surface area contributed by atoms with Crippen molar-refractivity contribution in [3.8, 4) is 11.1 Å². The molecular weight excluding hydrogens is 581 g/mol. The summed E-state index contributed by atoms with van der Waals surface area (Å²) in [4.78, 5) is 41.5. The van der Waals surface area contributed by atoms with Crippen LogP contribution in [0.25, 0.3) is 11.1 Å². The molecule has 9 heteroatoms. The number of hydrogen-bond donors (Lipinski definition) is 2. The average molecular weight is 617 g/mol. The minimum Gasteiger partial charge on any atom is -0.446 e. The van der Waals surface area contributed by atoms with Crippen LogP contribution in [0, 0.1) is 6.92 Å². The van der Waals surface area contributed by atoms with E-state index in [4.69, 9.17) is 4.74 Å². The second kappa shape index (κ2) is 15.7. The molecule has 8 nitrogen and oxygen atoms in total. The second-order valence-corrected chi connectivity index (χ2v) is 9.55. The smallest absolute Gasteiger partial charge is 0.411 e. The maximum absolute atomic E-state index is 12.9. The number of carbonyl (C=O) groups is 3. The maximum atomic E-state index is 12.9. The van der Waals surface area contributed by atoms with E-state index in [-0.39, 0.29) is 57.2 Å². The van der Waals surface area contributed by atoms with Gasteiger partial charge in [0.25, 0.3) is 5.91 Å². The molecule has 1 aliphatic rings. The van der Waals surface area contributed by atoms with E-state index in [0.29, 0.717) is 29.9 Å². The third-order valence-corrected chi connectivity index (χ3v) is 6.81. The minimum absolute atomic E-state index is 0. The van der Waals surface area contributed by atoms with E-state index in [1.807, 2.05) is 54.6 Å². The summed E-state index contributed by atoms with van der Waals surface area (Å²) >= 11 is 0. The largest absolute Gasteiger partial charge is 0.446 e. The van der Waals surface area contributed by atoms with Gasteiger partial charge in [-0.1, -0.05) is 54.6 Å². The Morgan fingerprint density at radius 1 is 0.950 bits per heavy atom. The molecule has 1 heterocycles. The number of nitrogens with one attached hydrogen (secondary N) is 2. The van der Waals surface area contributed by atoms with Crippen molar-refractivity contribution in [1.82, 2.24) is 15.1 Å². The molecule has 0 aliphatic carbocycles. The van der Waals surface area contributed by atoms with Gasteiger partial charge in [-0.2, -0.15) is 0 Å². The summed E-state index contributed by atoms with van der Waals surface area (Å²) in [6, 6.07) is 24.3. The maximum Gasteiger partial charge on any atom is 0.411 e. The molecule has 4 rings (SSSR count). The number of rotatable bonds is 9. The molecule has 0 atom stereocenters. The van der Waals surface area contributed by atoms with Crippen molar-refractivity contribution in [2.24, 2.45) is 0 Å². The van der Waals surface area contributed by atoms with Crippen molar-refractivity contribution in [3.05, 3.63) is 96.9 Å². The van der Waals surface area contributed by atoms with E-state index in [9.17, 15) is 14.4 Å². The van der Waals surface area contributed by atoms with Gasteiger partial charge in [0, 0.05) is 82.6 Å². The fraction of sp³-hybridized carbons (Fsp3) is 0.290. The molecule has 207 valence electrons. The number of carbonyl (C=O) groups excluding carboxylic acids is 3. The number of piperidine rings is 1. The first-order chi connectivity index (χ1) is 18.9. The van der Waals surface area contributed by atoms with Crippen LogP contribution in [0.15, 0.2) is 78.9 Å². The fourth-order valence-corrected chi connectivity index (χ4v) is 4.63. The van der Waals surface area contributed by atoms with Crippen molar-refractivity contribution < 1.29 is 51.8 Å². The molecule has 0 unspecified atom stereocenters. The van der Waals surface area contributed by atoms with Crippen LogP contribution < -0.4 is 10.6 Å². The summed E-state index contributed by atoms with van der Waals surface area (Å²) in [5.41, 5.74) is 3.59. The first kappa shape index (κ1) is 31.5. The van der Waals surface area contributed by atoms with Crippen molar-refractivity contribution in [2.45, 2.75) is 18.9 Å². The molecule has 2 N–H and O–H groups in total. The van der Waals surface area contributed by atoms with Gasteiger partial charge in [-0.25, -0.2) is 4.79 Å². The van der Waals surface area contributed by atoms with Gasteiger partial charge in [-0.15, -0.1) is 6.54 Å². The Morgan fingerprint density at radius 3 is 2.35 bits per heavy atom. The van der Waals surface area contributed by atoms with E-state index in [0.717, 1.165) is 37.1 Å². The summed E-state index contributed by atoms with van der Waals surface area (Å²) in [5.74, 6) is -0.383. The number of para-hydroxylation sites is 1. The van der Waals surface area contributed by atoms with Gasteiger partial charge >= 0.3 is 6.09 Å². The zero-order valence-electron chi connectivity index (χ0n) is 22.8. The number of nitrogens with zero attached hydrogens (tertiary/aromatic N) is 2. The normalized spacial score (nSPS) is 13.6. The summed E-state index contributed by atoms with van der Waals surface area (Å²) < 4.78 is 5.73. The molecule has 1 radical (unpaired) electrons. The number of anilines is 1. The van der Waals surface area contributed by atoms with Crippen LogP contribution in [0.1, 0.15) is 33.6 Å². The number of ether oxygens (including phenoxy) is 1. The molecule has 1 aliphatic heterocycles. The van der Waals surface area contributed by atoms with Gasteiger partial charge in [0.05, 0.1) is 5.69 Å². The Bertz CT molecular complexity index is 1280. The summed E-state index contributed by atoms with van der Waals surface area (Å²) in [5, 5.41) is 5.55. The van der Waals surface area contributed by atoms with E-state index < -0.39 is 6.09 Å². The van der Waals surface area contributed by atoms with Crippen LogP contribution in [0.4, 0.5) is 10.5 Å². The zero-order chi connectivity index (χ0) is 27.6. The first-order valence-electron chi connectivity index (χ1n) is 13.2. The Morgan fingerprint density at radius 2 is 1.62 bits per heavy atom. The Labute approximate surface area is 261 Å². The van der Waals surface area contributed by atoms with Gasteiger partial charge < -0.3 is 26.8 Å². The summed E-state index contributed by atoms with van der Waals surface area (Å²) in [6.45, 7) is 6.72. The summed E-state index contributed by atoms with van der Waals surface area (Å²) in [7, 11) is 1.76. The van der Waals surface area contributed by atoms with E-state index in [1.54, 1.807) is 36.2 Å². The van der Waals surface area contributed by atoms with E-state index in [1.165, 1.54) is 0 Å². The van der Waals surface area contributed by atoms with Gasteiger partial charge in [0.1, 0.15) is 6.10 Å². The molecule has 1 saturated heterocycles. The number of likely N-dealkylation sites (tertiary alicyclic amines) is 1. The molecule has 3 aromatic carbocycles. The van der Waals surface area contributed by atoms with Crippen LogP contribution in [-0.2, 0) is 37.4 Å². The Hall–Kier alpha value is -3.07. The Kier molecular flexibility index (Phi) is 12.3. The van der Waals surface area contributed by atoms with Crippen molar-refractivity contribution in [2.75, 3.05) is 45.1 Å². The monoisotopic (exact) mass is 616 g/mol. The number of benzene rings is 3. The van der Waals surface area contributed by atoms with Gasteiger partial charge in [0.15, 0.2) is 0 Å². The molecular formula is C31H35N4O4Y-. The number of hydrogen-bond acceptors (Lipinski definition) is 5. The molecule has 0 aromatic heterocycles. The number of likely N-dealkylation sites (N-methyl/N-ethyl adjacent to an activating group) is 1. The average Bonchev–Trinajstić information content (AvgIpc) is 2.97.